The van der Waals surface area contributed by atoms with Crippen molar-refractivity contribution in [2.24, 2.45) is 0 Å². The molecule has 0 aromatic carbocycles. The lowest BCUT2D eigenvalue weighted by atomic mass is 10.2. The molecule has 1 fully saturated rings. The van der Waals surface area contributed by atoms with Gasteiger partial charge in [0.05, 0.1) is 0 Å². The lowest BCUT2D eigenvalue weighted by molar-refractivity contribution is -0.135. The summed E-state index contributed by atoms with van der Waals surface area (Å²) in [5.74, 6) is 0.445. The second-order valence-electron chi connectivity index (χ2n) is 2.60. The molecule has 0 unspecified atom stereocenters. The minimum atomic E-state index is -0.503. The first kappa shape index (κ1) is 11.1. The largest absolute Gasteiger partial charge is 0.342 e. The smallest absolute Gasteiger partial charge is 0.244 e. The van der Waals surface area contributed by atoms with Crippen molar-refractivity contribution in [3.05, 3.63) is 0 Å². The molecule has 0 aliphatic carbocycles. The van der Waals surface area contributed by atoms with Crippen molar-refractivity contribution in [1.29, 1.82) is 0 Å². The first-order valence-electron chi connectivity index (χ1n) is 3.67. The molecule has 0 bridgehead atoms. The summed E-state index contributed by atoms with van der Waals surface area (Å²) in [5.41, 5.74) is 0. The van der Waals surface area contributed by atoms with Crippen molar-refractivity contribution < 1.29 is 9.59 Å². The Morgan fingerprint density at radius 3 is 2.31 bits per heavy atom. The number of carbonyl (C=O) groups is 2. The first-order chi connectivity index (χ1) is 6.19. The van der Waals surface area contributed by atoms with E-state index in [0.717, 1.165) is 0 Å². The summed E-state index contributed by atoms with van der Waals surface area (Å²) < 4.78 is 0. The van der Waals surface area contributed by atoms with Gasteiger partial charge in [0.15, 0.2) is 0 Å². The van der Waals surface area contributed by atoms with Crippen LogP contribution in [-0.2, 0) is 9.59 Å². The molecular formula is C6H10N2O2S3. The zero-order valence-electron chi connectivity index (χ0n) is 6.69. The highest BCUT2D eigenvalue weighted by Gasteiger charge is 2.32. The molecule has 74 valence electrons. The average Bonchev–Trinajstić information content (AvgIpc) is 2.11. The fourth-order valence-electron chi connectivity index (χ4n) is 0.996. The van der Waals surface area contributed by atoms with Crippen LogP contribution in [0.2, 0.25) is 0 Å². The summed E-state index contributed by atoms with van der Waals surface area (Å²) in [6.07, 6.45) is 0. The minimum absolute atomic E-state index is 0.166. The number of hydrogen-bond acceptors (Lipinski definition) is 5. The number of rotatable bonds is 3. The van der Waals surface area contributed by atoms with E-state index in [9.17, 15) is 9.59 Å². The lowest BCUT2D eigenvalue weighted by Gasteiger charge is -2.28. The zero-order chi connectivity index (χ0) is 9.84. The van der Waals surface area contributed by atoms with Gasteiger partial charge in [-0.05, 0) is 0 Å². The maximum absolute atomic E-state index is 11.3. The molecule has 1 rings (SSSR count). The third-order valence-electron chi connectivity index (χ3n) is 1.69. The molecule has 0 aromatic rings. The molecule has 2 atom stereocenters. The van der Waals surface area contributed by atoms with Crippen molar-refractivity contribution in [2.75, 3.05) is 11.5 Å². The van der Waals surface area contributed by atoms with Crippen molar-refractivity contribution in [3.63, 3.8) is 0 Å². The van der Waals surface area contributed by atoms with Crippen molar-refractivity contribution in [1.82, 2.24) is 10.6 Å². The third kappa shape index (κ3) is 2.72. The zero-order valence-corrected chi connectivity index (χ0v) is 9.29. The van der Waals surface area contributed by atoms with E-state index in [1.165, 1.54) is 10.8 Å². The van der Waals surface area contributed by atoms with Crippen molar-refractivity contribution in [2.45, 2.75) is 12.1 Å². The Labute approximate surface area is 90.8 Å². The molecule has 13 heavy (non-hydrogen) atoms. The Morgan fingerprint density at radius 1 is 1.23 bits per heavy atom. The number of piperazine rings is 1. The molecule has 4 nitrogen and oxygen atoms in total. The van der Waals surface area contributed by atoms with E-state index in [2.05, 4.69) is 34.9 Å². The van der Waals surface area contributed by atoms with Crippen LogP contribution in [0.3, 0.4) is 0 Å². The Balaban J connectivity index is 2.56. The summed E-state index contributed by atoms with van der Waals surface area (Å²) in [6.45, 7) is 0. The molecule has 0 radical (unpaired) electrons. The van der Waals surface area contributed by atoms with E-state index in [-0.39, 0.29) is 11.8 Å². The molecule has 2 N–H and O–H groups in total. The molecule has 1 aliphatic heterocycles. The van der Waals surface area contributed by atoms with Gasteiger partial charge in [0.1, 0.15) is 12.1 Å². The molecule has 0 spiro atoms. The lowest BCUT2D eigenvalue weighted by Crippen LogP contribution is -2.63. The Kier molecular flexibility index (Phi) is 4.27. The van der Waals surface area contributed by atoms with Gasteiger partial charge >= 0.3 is 0 Å². The topological polar surface area (TPSA) is 58.2 Å². The molecule has 7 heteroatoms. The Bertz CT molecular complexity index is 224. The Morgan fingerprint density at radius 2 is 1.77 bits per heavy atom. The van der Waals surface area contributed by atoms with E-state index in [0.29, 0.717) is 11.5 Å². The molecule has 0 saturated carbocycles. The van der Waals surface area contributed by atoms with Crippen LogP contribution < -0.4 is 10.6 Å². The van der Waals surface area contributed by atoms with Crippen LogP contribution >= 0.6 is 35.1 Å². The third-order valence-corrected chi connectivity index (χ3v) is 2.98. The maximum Gasteiger partial charge on any atom is 0.244 e. The monoisotopic (exact) mass is 238 g/mol. The highest BCUT2D eigenvalue weighted by Crippen LogP contribution is 2.09. The van der Waals surface area contributed by atoms with Gasteiger partial charge in [-0.1, -0.05) is 10.8 Å². The quantitative estimate of drug-likeness (QED) is 0.395. The second-order valence-corrected chi connectivity index (χ2v) is 4.33. The number of hydrogen-bond donors (Lipinski definition) is 4. The van der Waals surface area contributed by atoms with E-state index in [4.69, 9.17) is 0 Å². The summed E-state index contributed by atoms with van der Waals surface area (Å²) in [4.78, 5) is 22.5. The minimum Gasteiger partial charge on any atom is -0.342 e. The van der Waals surface area contributed by atoms with Crippen LogP contribution in [-0.4, -0.2) is 35.4 Å². The molecular weight excluding hydrogens is 228 g/mol. The fourth-order valence-corrected chi connectivity index (χ4v) is 2.08. The van der Waals surface area contributed by atoms with Crippen LogP contribution in [0, 0.1) is 0 Å². The van der Waals surface area contributed by atoms with Crippen LogP contribution in [0.1, 0.15) is 0 Å². The number of amides is 2. The van der Waals surface area contributed by atoms with E-state index in [1.54, 1.807) is 0 Å². The van der Waals surface area contributed by atoms with E-state index < -0.39 is 12.1 Å². The summed E-state index contributed by atoms with van der Waals surface area (Å²) in [7, 11) is 1.22. The van der Waals surface area contributed by atoms with E-state index >= 15 is 0 Å². The number of nitrogens with one attached hydrogen (secondary N) is 2. The highest BCUT2D eigenvalue weighted by atomic mass is 33.1. The molecule has 1 aliphatic rings. The summed E-state index contributed by atoms with van der Waals surface area (Å²) in [6, 6.07) is -0.969. The molecule has 1 heterocycles. The summed E-state index contributed by atoms with van der Waals surface area (Å²) in [5, 5.41) is 5.17. The molecule has 0 aromatic heterocycles. The van der Waals surface area contributed by atoms with E-state index in [1.807, 2.05) is 0 Å². The normalized spacial score (nSPS) is 28.2. The van der Waals surface area contributed by atoms with Crippen LogP contribution in [0.15, 0.2) is 0 Å². The maximum atomic E-state index is 11.3. The van der Waals surface area contributed by atoms with Gasteiger partial charge in [-0.3, -0.25) is 9.59 Å². The number of carbonyl (C=O) groups excluding carboxylic acids is 2. The van der Waals surface area contributed by atoms with Crippen molar-refractivity contribution >= 4 is 46.9 Å². The van der Waals surface area contributed by atoms with Gasteiger partial charge in [0.2, 0.25) is 11.8 Å². The SMILES string of the molecule is O=C1N[C@@H](CSS)C(=O)N[C@H]1CS. The van der Waals surface area contributed by atoms with Crippen LogP contribution in [0.4, 0.5) is 0 Å². The average molecular weight is 238 g/mol. The second kappa shape index (κ2) is 5.02. The van der Waals surface area contributed by atoms with Gasteiger partial charge < -0.3 is 10.6 Å². The number of thiol groups is 2. The standard InChI is InChI=1S/C6H10N2O2S3/c9-5-3(1-11)7-6(10)4(8-5)2-13-12/h3-4,11-12H,1-2H2,(H,7,10)(H,8,9)/t3-,4-/m0/s1. The predicted octanol–water partition coefficient (Wildman–Crippen LogP) is -0.523. The predicted molar refractivity (Wildman–Crippen MR) is 59.2 cm³/mol. The summed E-state index contributed by atoms with van der Waals surface area (Å²) >= 11 is 7.87. The van der Waals surface area contributed by atoms with Gasteiger partial charge in [0.25, 0.3) is 0 Å². The van der Waals surface area contributed by atoms with Gasteiger partial charge in [0, 0.05) is 11.5 Å². The van der Waals surface area contributed by atoms with Gasteiger partial charge in [-0.2, -0.15) is 12.6 Å². The first-order valence-corrected chi connectivity index (χ1v) is 6.34. The van der Waals surface area contributed by atoms with Gasteiger partial charge in [-0.25, -0.2) is 0 Å². The van der Waals surface area contributed by atoms with Gasteiger partial charge in [-0.15, -0.1) is 11.7 Å². The van der Waals surface area contributed by atoms with Crippen LogP contribution in [0.5, 0.6) is 0 Å². The molecule has 2 amide bonds. The highest BCUT2D eigenvalue weighted by molar-refractivity contribution is 8.68. The molecule has 1 saturated heterocycles. The fraction of sp³-hybridized carbons (Fsp3) is 0.667. The van der Waals surface area contributed by atoms with Crippen molar-refractivity contribution in [3.8, 4) is 0 Å². The van der Waals surface area contributed by atoms with Crippen LogP contribution in [0.25, 0.3) is 0 Å². The Hall–Kier alpha value is -0.0100.